The summed E-state index contributed by atoms with van der Waals surface area (Å²) in [6, 6.07) is 6.62. The standard InChI is InChI=1S/C26H36N6O6/c1-5-38-14-20-30-21-22(32(20)15-26(3,4)37)17-10-6-7-11-18(17)29-23(21)31-24(34)19(28-16(2)33)12-8-9-13-27-25(35)36/h6-7,10-11,19,27,37H,5,8-9,12-15H2,1-4H3,(H,28,33)(H,35,36)(H,29,31,34)/t19-/m0/s1. The lowest BCUT2D eigenvalue weighted by Crippen LogP contribution is -2.43. The number of pyridine rings is 1. The number of carbonyl (C=O) groups excluding carboxylic acids is 2. The molecule has 0 saturated heterocycles. The fourth-order valence-corrected chi connectivity index (χ4v) is 4.22. The maximum Gasteiger partial charge on any atom is 0.404 e. The van der Waals surface area contributed by atoms with Gasteiger partial charge in [-0.15, -0.1) is 0 Å². The number of anilines is 1. The summed E-state index contributed by atoms with van der Waals surface area (Å²) in [5, 5.41) is 28.0. The van der Waals surface area contributed by atoms with Gasteiger partial charge in [0.25, 0.3) is 0 Å². The molecule has 12 nitrogen and oxygen atoms in total. The molecule has 2 heterocycles. The van der Waals surface area contributed by atoms with Crippen LogP contribution in [0.3, 0.4) is 0 Å². The Bertz CT molecular complexity index is 1300. The van der Waals surface area contributed by atoms with Crippen molar-refractivity contribution in [2.75, 3.05) is 18.5 Å². The van der Waals surface area contributed by atoms with Gasteiger partial charge in [0.15, 0.2) is 5.82 Å². The van der Waals surface area contributed by atoms with Crippen LogP contribution in [0.2, 0.25) is 0 Å². The number of amides is 3. The first-order valence-electron chi connectivity index (χ1n) is 12.6. The van der Waals surface area contributed by atoms with E-state index in [-0.39, 0.29) is 31.4 Å². The molecule has 0 bridgehead atoms. The highest BCUT2D eigenvalue weighted by Gasteiger charge is 2.26. The lowest BCUT2D eigenvalue weighted by atomic mass is 10.1. The first-order valence-corrected chi connectivity index (χ1v) is 12.6. The van der Waals surface area contributed by atoms with Crippen LogP contribution in [0.4, 0.5) is 10.6 Å². The predicted molar refractivity (Wildman–Crippen MR) is 143 cm³/mol. The first-order chi connectivity index (χ1) is 18.0. The van der Waals surface area contributed by atoms with E-state index < -0.39 is 23.6 Å². The average molecular weight is 529 g/mol. The van der Waals surface area contributed by atoms with E-state index >= 15 is 0 Å². The van der Waals surface area contributed by atoms with Gasteiger partial charge in [-0.3, -0.25) is 9.59 Å². The van der Waals surface area contributed by atoms with Gasteiger partial charge in [0.2, 0.25) is 11.8 Å². The molecule has 0 fully saturated rings. The number of carbonyl (C=O) groups is 3. The van der Waals surface area contributed by atoms with Crippen LogP contribution in [-0.2, 0) is 27.5 Å². The van der Waals surface area contributed by atoms with Crippen molar-refractivity contribution in [1.29, 1.82) is 0 Å². The third kappa shape index (κ3) is 7.62. The molecule has 0 aliphatic heterocycles. The summed E-state index contributed by atoms with van der Waals surface area (Å²) in [6.45, 7) is 7.81. The zero-order valence-corrected chi connectivity index (χ0v) is 22.2. The number of hydrogen-bond acceptors (Lipinski definition) is 7. The quantitative estimate of drug-likeness (QED) is 0.211. The van der Waals surface area contributed by atoms with Crippen LogP contribution in [0.25, 0.3) is 21.9 Å². The number of fused-ring (bicyclic) bond motifs is 3. The molecule has 5 N–H and O–H groups in total. The molecule has 206 valence electrons. The Labute approximate surface area is 220 Å². The molecule has 1 atom stereocenters. The Morgan fingerprint density at radius 2 is 1.89 bits per heavy atom. The van der Waals surface area contributed by atoms with Crippen LogP contribution in [0.15, 0.2) is 24.3 Å². The van der Waals surface area contributed by atoms with Crippen molar-refractivity contribution in [3.63, 3.8) is 0 Å². The van der Waals surface area contributed by atoms with Gasteiger partial charge in [-0.2, -0.15) is 0 Å². The van der Waals surface area contributed by atoms with E-state index in [1.807, 2.05) is 35.8 Å². The number of carboxylic acid groups (broad SMARTS) is 1. The molecule has 38 heavy (non-hydrogen) atoms. The van der Waals surface area contributed by atoms with Gasteiger partial charge in [0.1, 0.15) is 24.0 Å². The summed E-state index contributed by atoms with van der Waals surface area (Å²) >= 11 is 0. The van der Waals surface area contributed by atoms with E-state index in [4.69, 9.17) is 14.8 Å². The third-order valence-electron chi connectivity index (χ3n) is 5.77. The van der Waals surface area contributed by atoms with Crippen molar-refractivity contribution >= 4 is 45.7 Å². The minimum absolute atomic E-state index is 0.210. The normalized spacial score (nSPS) is 12.4. The molecular formula is C26H36N6O6. The van der Waals surface area contributed by atoms with Gasteiger partial charge < -0.3 is 35.5 Å². The van der Waals surface area contributed by atoms with Gasteiger partial charge in [-0.1, -0.05) is 18.2 Å². The fourth-order valence-electron chi connectivity index (χ4n) is 4.22. The highest BCUT2D eigenvalue weighted by atomic mass is 16.5. The van der Waals surface area contributed by atoms with Gasteiger partial charge in [0, 0.05) is 25.5 Å². The number of nitrogens with one attached hydrogen (secondary N) is 3. The topological polar surface area (TPSA) is 168 Å². The second-order valence-electron chi connectivity index (χ2n) is 9.71. The van der Waals surface area contributed by atoms with Gasteiger partial charge in [0.05, 0.1) is 23.2 Å². The summed E-state index contributed by atoms with van der Waals surface area (Å²) in [7, 11) is 0. The molecule has 2 aromatic heterocycles. The van der Waals surface area contributed by atoms with Crippen LogP contribution in [0.5, 0.6) is 0 Å². The van der Waals surface area contributed by atoms with E-state index in [2.05, 4.69) is 20.9 Å². The minimum atomic E-state index is -1.11. The van der Waals surface area contributed by atoms with Crippen LogP contribution in [-0.4, -0.2) is 67.5 Å². The average Bonchev–Trinajstić information content (AvgIpc) is 3.18. The van der Waals surface area contributed by atoms with Crippen molar-refractivity contribution in [2.45, 2.75) is 71.8 Å². The Hall–Kier alpha value is -3.77. The van der Waals surface area contributed by atoms with E-state index in [1.54, 1.807) is 13.8 Å². The third-order valence-corrected chi connectivity index (χ3v) is 5.77. The molecule has 0 radical (unpaired) electrons. The van der Waals surface area contributed by atoms with Crippen molar-refractivity contribution in [1.82, 2.24) is 25.2 Å². The number of hydrogen-bond donors (Lipinski definition) is 5. The smallest absolute Gasteiger partial charge is 0.404 e. The molecule has 3 amide bonds. The van der Waals surface area contributed by atoms with Crippen molar-refractivity contribution in [3.05, 3.63) is 30.1 Å². The Balaban J connectivity index is 2.00. The first kappa shape index (κ1) is 28.8. The highest BCUT2D eigenvalue weighted by molar-refractivity contribution is 6.10. The SMILES string of the molecule is CCOCc1nc2c(NC(=O)[C@H](CCCCNC(=O)O)NC(C)=O)nc3ccccc3c2n1CC(C)(C)O. The largest absolute Gasteiger partial charge is 0.465 e. The highest BCUT2D eigenvalue weighted by Crippen LogP contribution is 2.31. The number of imidazole rings is 1. The predicted octanol–water partition coefficient (Wildman–Crippen LogP) is 2.77. The van der Waals surface area contributed by atoms with E-state index in [9.17, 15) is 19.5 Å². The van der Waals surface area contributed by atoms with Crippen LogP contribution >= 0.6 is 0 Å². The number of benzene rings is 1. The van der Waals surface area contributed by atoms with Crippen molar-refractivity contribution in [3.8, 4) is 0 Å². The van der Waals surface area contributed by atoms with E-state index in [0.717, 1.165) is 5.39 Å². The summed E-state index contributed by atoms with van der Waals surface area (Å²) in [4.78, 5) is 45.2. The molecule has 0 aliphatic rings. The number of ether oxygens (including phenoxy) is 1. The van der Waals surface area contributed by atoms with Crippen LogP contribution < -0.4 is 16.0 Å². The summed E-state index contributed by atoms with van der Waals surface area (Å²) in [5.41, 5.74) is 0.738. The van der Waals surface area contributed by atoms with Crippen LogP contribution in [0.1, 0.15) is 52.8 Å². The number of nitrogens with zero attached hydrogens (tertiary/aromatic N) is 3. The fraction of sp³-hybridized carbons (Fsp3) is 0.500. The second kappa shape index (κ2) is 12.7. The van der Waals surface area contributed by atoms with Crippen molar-refractivity contribution < 1.29 is 29.3 Å². The molecule has 12 heteroatoms. The molecule has 3 aromatic rings. The molecule has 3 rings (SSSR count). The number of aromatic nitrogens is 3. The molecular weight excluding hydrogens is 492 g/mol. The number of para-hydroxylation sites is 1. The molecule has 1 aromatic carbocycles. The number of unbranched alkanes of at least 4 members (excludes halogenated alkanes) is 1. The van der Waals surface area contributed by atoms with Crippen molar-refractivity contribution in [2.24, 2.45) is 0 Å². The zero-order chi connectivity index (χ0) is 27.9. The molecule has 0 saturated carbocycles. The molecule has 0 aliphatic carbocycles. The minimum Gasteiger partial charge on any atom is -0.465 e. The summed E-state index contributed by atoms with van der Waals surface area (Å²) in [5.74, 6) is -0.00133. The van der Waals surface area contributed by atoms with Gasteiger partial charge >= 0.3 is 6.09 Å². The van der Waals surface area contributed by atoms with Gasteiger partial charge in [-0.05, 0) is 46.1 Å². The Morgan fingerprint density at radius 3 is 2.55 bits per heavy atom. The maximum atomic E-state index is 13.3. The van der Waals surface area contributed by atoms with E-state index in [1.165, 1.54) is 6.92 Å². The van der Waals surface area contributed by atoms with Crippen LogP contribution in [0, 0.1) is 0 Å². The summed E-state index contributed by atoms with van der Waals surface area (Å²) < 4.78 is 7.53. The molecule has 0 unspecified atom stereocenters. The zero-order valence-electron chi connectivity index (χ0n) is 22.2. The second-order valence-corrected chi connectivity index (χ2v) is 9.71. The number of rotatable bonds is 13. The number of aliphatic hydroxyl groups is 1. The lowest BCUT2D eigenvalue weighted by Gasteiger charge is -2.21. The lowest BCUT2D eigenvalue weighted by molar-refractivity contribution is -0.125. The monoisotopic (exact) mass is 528 g/mol. The molecule has 0 spiro atoms. The Kier molecular flexibility index (Phi) is 9.59. The van der Waals surface area contributed by atoms with Gasteiger partial charge in [-0.25, -0.2) is 14.8 Å². The Morgan fingerprint density at radius 1 is 1.16 bits per heavy atom. The summed E-state index contributed by atoms with van der Waals surface area (Å²) in [6.07, 6.45) is 0.223. The van der Waals surface area contributed by atoms with E-state index in [0.29, 0.717) is 48.2 Å². The maximum absolute atomic E-state index is 13.3.